The van der Waals surface area contributed by atoms with E-state index in [1.54, 1.807) is 27.7 Å². The number of carbonyl (C=O) groups is 2. The van der Waals surface area contributed by atoms with Crippen molar-refractivity contribution in [1.82, 2.24) is 5.32 Å². The van der Waals surface area contributed by atoms with Crippen LogP contribution in [0.25, 0.3) is 0 Å². The molecule has 0 heterocycles. The second-order valence-electron chi connectivity index (χ2n) is 3.81. The van der Waals surface area contributed by atoms with Crippen molar-refractivity contribution in [3.05, 3.63) is 0 Å². The number of carbonyl (C=O) groups excluding carboxylic acids is 2. The van der Waals surface area contributed by atoms with Crippen LogP contribution in [0.2, 0.25) is 0 Å². The third-order valence-electron chi connectivity index (χ3n) is 1.59. The first-order valence-electron chi connectivity index (χ1n) is 5.28. The molecule has 0 unspecified atom stereocenters. The van der Waals surface area contributed by atoms with Crippen molar-refractivity contribution >= 4 is 11.9 Å². The van der Waals surface area contributed by atoms with Gasteiger partial charge in [-0.05, 0) is 0 Å². The summed E-state index contributed by atoms with van der Waals surface area (Å²) in [5.41, 5.74) is 0. The summed E-state index contributed by atoms with van der Waals surface area (Å²) >= 11 is 0. The number of alkyl halides is 1. The highest BCUT2D eigenvalue weighted by molar-refractivity contribution is 5.77. The smallest absolute Gasteiger partial charge is 0.308 e. The predicted molar refractivity (Wildman–Crippen MR) is 60.7 cm³/mol. The standard InChI is InChI=1S/C6H12FNO.C5H10O2/c1-5(2)6(9)8-4-3-7;1-4(2)5(6)7-3/h5H,3-4H2,1-2H3,(H,8,9);4H,1-3H3. The van der Waals surface area contributed by atoms with Crippen LogP contribution in [0.15, 0.2) is 0 Å². The van der Waals surface area contributed by atoms with Crippen LogP contribution in [-0.2, 0) is 14.3 Å². The molecule has 16 heavy (non-hydrogen) atoms. The average molecular weight is 235 g/mol. The van der Waals surface area contributed by atoms with Crippen LogP contribution in [0, 0.1) is 11.8 Å². The molecule has 0 saturated carbocycles. The number of esters is 1. The first-order valence-corrected chi connectivity index (χ1v) is 5.28. The lowest BCUT2D eigenvalue weighted by Crippen LogP contribution is -2.29. The van der Waals surface area contributed by atoms with Crippen molar-refractivity contribution in [3.8, 4) is 0 Å². The van der Waals surface area contributed by atoms with E-state index in [2.05, 4.69) is 10.1 Å². The molecule has 0 aliphatic rings. The van der Waals surface area contributed by atoms with Crippen LogP contribution in [0.5, 0.6) is 0 Å². The molecule has 1 N–H and O–H groups in total. The molecule has 4 nitrogen and oxygen atoms in total. The van der Waals surface area contributed by atoms with E-state index < -0.39 is 6.67 Å². The fourth-order valence-corrected chi connectivity index (χ4v) is 0.610. The SMILES string of the molecule is CC(C)C(=O)NCCF.COC(=O)C(C)C. The third kappa shape index (κ3) is 10.9. The molecule has 0 aliphatic carbocycles. The van der Waals surface area contributed by atoms with Crippen molar-refractivity contribution < 1.29 is 18.7 Å². The van der Waals surface area contributed by atoms with E-state index in [9.17, 15) is 14.0 Å². The van der Waals surface area contributed by atoms with Crippen LogP contribution < -0.4 is 5.32 Å². The highest BCUT2D eigenvalue weighted by Gasteiger charge is 2.04. The summed E-state index contributed by atoms with van der Waals surface area (Å²) in [7, 11) is 1.39. The molecule has 0 aliphatic heterocycles. The molecular formula is C11H22FNO3. The van der Waals surface area contributed by atoms with Crippen LogP contribution in [0.1, 0.15) is 27.7 Å². The van der Waals surface area contributed by atoms with E-state index in [4.69, 9.17) is 0 Å². The Balaban J connectivity index is 0. The first-order chi connectivity index (χ1) is 7.36. The average Bonchev–Trinajstić information content (AvgIpc) is 2.25. The van der Waals surface area contributed by atoms with Gasteiger partial charge in [-0.1, -0.05) is 27.7 Å². The van der Waals surface area contributed by atoms with Gasteiger partial charge in [0, 0.05) is 12.5 Å². The Morgan fingerprint density at radius 3 is 1.88 bits per heavy atom. The van der Waals surface area contributed by atoms with Gasteiger partial charge in [-0.3, -0.25) is 9.59 Å². The van der Waals surface area contributed by atoms with Gasteiger partial charge in [-0.25, -0.2) is 4.39 Å². The van der Waals surface area contributed by atoms with Gasteiger partial charge in [-0.2, -0.15) is 0 Å². The van der Waals surface area contributed by atoms with E-state index >= 15 is 0 Å². The van der Waals surface area contributed by atoms with Crippen molar-refractivity contribution in [3.63, 3.8) is 0 Å². The Morgan fingerprint density at radius 2 is 1.69 bits per heavy atom. The molecule has 1 amide bonds. The number of halogens is 1. The minimum Gasteiger partial charge on any atom is -0.469 e. The van der Waals surface area contributed by atoms with Crippen LogP contribution in [0.4, 0.5) is 4.39 Å². The molecule has 5 heteroatoms. The molecule has 0 aromatic heterocycles. The Kier molecular flexibility index (Phi) is 11.2. The molecule has 0 saturated heterocycles. The highest BCUT2D eigenvalue weighted by Crippen LogP contribution is 1.92. The molecule has 0 bridgehead atoms. The van der Waals surface area contributed by atoms with Crippen molar-refractivity contribution in [2.45, 2.75) is 27.7 Å². The monoisotopic (exact) mass is 235 g/mol. The number of nitrogens with one attached hydrogen (secondary N) is 1. The van der Waals surface area contributed by atoms with Crippen LogP contribution >= 0.6 is 0 Å². The summed E-state index contributed by atoms with van der Waals surface area (Å²) in [6, 6.07) is 0. The summed E-state index contributed by atoms with van der Waals surface area (Å²) in [4.78, 5) is 20.9. The van der Waals surface area contributed by atoms with Crippen LogP contribution in [0.3, 0.4) is 0 Å². The minimum absolute atomic E-state index is 0.00463. The maximum absolute atomic E-state index is 11.4. The van der Waals surface area contributed by atoms with Crippen molar-refractivity contribution in [1.29, 1.82) is 0 Å². The lowest BCUT2D eigenvalue weighted by Gasteiger charge is -2.03. The molecule has 0 rings (SSSR count). The zero-order valence-corrected chi connectivity index (χ0v) is 10.7. The molecule has 96 valence electrons. The zero-order chi connectivity index (χ0) is 13.1. The van der Waals surface area contributed by atoms with Gasteiger partial charge in [0.15, 0.2) is 0 Å². The van der Waals surface area contributed by atoms with Gasteiger partial charge >= 0.3 is 5.97 Å². The van der Waals surface area contributed by atoms with E-state index in [1.165, 1.54) is 7.11 Å². The topological polar surface area (TPSA) is 55.4 Å². The van der Waals surface area contributed by atoms with E-state index in [-0.39, 0.29) is 30.3 Å². The molecule has 0 fully saturated rings. The molecule has 0 radical (unpaired) electrons. The summed E-state index contributed by atoms with van der Waals surface area (Å²) in [6.07, 6.45) is 0. The van der Waals surface area contributed by atoms with Gasteiger partial charge in [0.25, 0.3) is 0 Å². The highest BCUT2D eigenvalue weighted by atomic mass is 19.1. The number of ether oxygens (including phenoxy) is 1. The Morgan fingerprint density at radius 1 is 1.19 bits per heavy atom. The van der Waals surface area contributed by atoms with Crippen LogP contribution in [-0.4, -0.2) is 32.2 Å². The third-order valence-corrected chi connectivity index (χ3v) is 1.59. The van der Waals surface area contributed by atoms with E-state index in [1.807, 2.05) is 0 Å². The van der Waals surface area contributed by atoms with Gasteiger partial charge in [0.1, 0.15) is 6.67 Å². The second kappa shape index (κ2) is 10.4. The number of rotatable bonds is 4. The van der Waals surface area contributed by atoms with Gasteiger partial charge in [0.05, 0.1) is 13.0 Å². The fraction of sp³-hybridized carbons (Fsp3) is 0.818. The minimum atomic E-state index is -0.488. The molecule has 0 spiro atoms. The van der Waals surface area contributed by atoms with Gasteiger partial charge in [-0.15, -0.1) is 0 Å². The maximum atomic E-state index is 11.4. The maximum Gasteiger partial charge on any atom is 0.308 e. The molecule has 0 aromatic rings. The summed E-state index contributed by atoms with van der Waals surface area (Å²) in [5.74, 6) is -0.283. The first kappa shape index (κ1) is 17.3. The number of amides is 1. The van der Waals surface area contributed by atoms with E-state index in [0.29, 0.717) is 0 Å². The van der Waals surface area contributed by atoms with Gasteiger partial charge in [0.2, 0.25) is 5.91 Å². The van der Waals surface area contributed by atoms with Gasteiger partial charge < -0.3 is 10.1 Å². The lowest BCUT2D eigenvalue weighted by atomic mass is 10.2. The Labute approximate surface area is 96.5 Å². The predicted octanol–water partition coefficient (Wildman–Crippen LogP) is 1.54. The largest absolute Gasteiger partial charge is 0.469 e. The van der Waals surface area contributed by atoms with E-state index in [0.717, 1.165) is 0 Å². The lowest BCUT2D eigenvalue weighted by molar-refractivity contribution is -0.144. The number of hydrogen-bond acceptors (Lipinski definition) is 3. The molecule has 0 aromatic carbocycles. The number of hydrogen-bond donors (Lipinski definition) is 1. The van der Waals surface area contributed by atoms with Crippen molar-refractivity contribution in [2.75, 3.05) is 20.3 Å². The molecule has 0 atom stereocenters. The Bertz CT molecular complexity index is 205. The zero-order valence-electron chi connectivity index (χ0n) is 10.7. The Hall–Kier alpha value is -1.13. The number of methoxy groups -OCH3 is 1. The normalized spacial score (nSPS) is 9.50. The molecular weight excluding hydrogens is 213 g/mol. The second-order valence-corrected chi connectivity index (χ2v) is 3.81. The summed E-state index contributed by atoms with van der Waals surface area (Å²) in [6.45, 7) is 6.79. The summed E-state index contributed by atoms with van der Waals surface area (Å²) < 4.78 is 15.8. The summed E-state index contributed by atoms with van der Waals surface area (Å²) in [5, 5.41) is 2.42. The quantitative estimate of drug-likeness (QED) is 0.752. The fourth-order valence-electron chi connectivity index (χ4n) is 0.610. The van der Waals surface area contributed by atoms with Crippen molar-refractivity contribution in [2.24, 2.45) is 11.8 Å².